The lowest BCUT2D eigenvalue weighted by molar-refractivity contribution is -0.138. The number of imide groups is 1. The van der Waals surface area contributed by atoms with Crippen LogP contribution < -0.4 is 21.3 Å². The van der Waals surface area contributed by atoms with Gasteiger partial charge in [-0.1, -0.05) is 55.4 Å². The number of nitrogens with zero attached hydrogens (tertiary/aromatic N) is 2. The summed E-state index contributed by atoms with van der Waals surface area (Å²) in [4.78, 5) is 83.9. The van der Waals surface area contributed by atoms with Crippen LogP contribution in [-0.2, 0) is 35.9 Å². The molecule has 0 radical (unpaired) electrons. The van der Waals surface area contributed by atoms with Crippen LogP contribution in [0.1, 0.15) is 122 Å². The second-order valence-corrected chi connectivity index (χ2v) is 19.0. The summed E-state index contributed by atoms with van der Waals surface area (Å²) in [5, 5.41) is 11.9. The molecule has 4 N–H and O–H groups in total. The number of likely N-dealkylation sites (tertiary alicyclic amines) is 1. The summed E-state index contributed by atoms with van der Waals surface area (Å²) >= 11 is 0. The summed E-state index contributed by atoms with van der Waals surface area (Å²) in [6, 6.07) is 11.2. The predicted octanol–water partition coefficient (Wildman–Crippen LogP) is 5.48. The van der Waals surface area contributed by atoms with Gasteiger partial charge < -0.3 is 20.4 Å². The van der Waals surface area contributed by atoms with Crippen molar-refractivity contribution < 1.29 is 41.9 Å². The minimum atomic E-state index is -1.53. The normalized spacial score (nSPS) is 28.4. The molecule has 2 saturated carbocycles. The summed E-state index contributed by atoms with van der Waals surface area (Å²) in [5.41, 5.74) is 0.141. The lowest BCUT2D eigenvalue weighted by Crippen LogP contribution is -2.60. The lowest BCUT2D eigenvalue weighted by Gasteiger charge is -2.47. The Morgan fingerprint density at radius 3 is 2.34 bits per heavy atom. The molecule has 2 aliphatic carbocycles. The molecule has 338 valence electrons. The third-order valence-corrected chi connectivity index (χ3v) is 15.5. The second-order valence-electron chi connectivity index (χ2n) is 19.0. The van der Waals surface area contributed by atoms with E-state index in [1.807, 2.05) is 11.0 Å². The molecule has 5 heterocycles. The molecule has 0 aromatic heterocycles. The molecule has 3 saturated heterocycles. The molecule has 4 atom stereocenters. The number of benzene rings is 3. The van der Waals surface area contributed by atoms with Crippen LogP contribution in [0.4, 0.5) is 18.9 Å². The third-order valence-electron chi connectivity index (χ3n) is 15.5. The summed E-state index contributed by atoms with van der Waals surface area (Å²) < 4.78 is 45.7. The van der Waals surface area contributed by atoms with Crippen molar-refractivity contribution in [3.63, 3.8) is 0 Å². The number of nitrogens with one attached hydrogen (secondary N) is 4. The van der Waals surface area contributed by atoms with Crippen LogP contribution in [0.15, 0.2) is 54.6 Å². The molecule has 12 nitrogen and oxygen atoms in total. The number of piperidine rings is 2. The van der Waals surface area contributed by atoms with Gasteiger partial charge in [-0.15, -0.1) is 0 Å². The van der Waals surface area contributed by atoms with Crippen LogP contribution >= 0.6 is 0 Å². The molecule has 15 heteroatoms. The van der Waals surface area contributed by atoms with Crippen LogP contribution in [0.2, 0.25) is 0 Å². The highest BCUT2D eigenvalue weighted by Gasteiger charge is 2.72. The van der Waals surface area contributed by atoms with Crippen LogP contribution in [0, 0.1) is 41.1 Å². The summed E-state index contributed by atoms with van der Waals surface area (Å²) in [5.74, 6) is 0.728. The zero-order valence-electron chi connectivity index (χ0n) is 36.0. The maximum absolute atomic E-state index is 16.1. The Morgan fingerprint density at radius 1 is 0.831 bits per heavy atom. The molecule has 3 aromatic carbocycles. The van der Waals surface area contributed by atoms with Gasteiger partial charge in [-0.05, 0) is 105 Å². The van der Waals surface area contributed by atoms with Gasteiger partial charge >= 0.3 is 0 Å². The number of carbonyl (C=O) groups excluding carboxylic acids is 6. The number of rotatable bonds is 5. The van der Waals surface area contributed by atoms with E-state index in [0.29, 0.717) is 75.6 Å². The second kappa shape index (κ2) is 16.8. The highest BCUT2D eigenvalue weighted by molar-refractivity contribution is 6.10. The van der Waals surface area contributed by atoms with Gasteiger partial charge in [-0.3, -0.25) is 39.4 Å². The van der Waals surface area contributed by atoms with Crippen molar-refractivity contribution in [2.24, 2.45) is 11.8 Å². The minimum Gasteiger partial charge on any atom is -0.352 e. The highest BCUT2D eigenvalue weighted by Crippen LogP contribution is 2.62. The first-order chi connectivity index (χ1) is 31.4. The van der Waals surface area contributed by atoms with Gasteiger partial charge in [0.25, 0.3) is 5.91 Å². The fourth-order valence-electron chi connectivity index (χ4n) is 12.4. The molecule has 1 unspecified atom stereocenters. The van der Waals surface area contributed by atoms with Gasteiger partial charge in [0.2, 0.25) is 29.5 Å². The number of carbonyl (C=O) groups is 6. The predicted molar refractivity (Wildman–Crippen MR) is 231 cm³/mol. The first-order valence-corrected chi connectivity index (χ1v) is 23.1. The van der Waals surface area contributed by atoms with Crippen LogP contribution in [-0.4, -0.2) is 82.0 Å². The Hall–Kier alpha value is -6.01. The monoisotopic (exact) mass is 888 g/mol. The van der Waals surface area contributed by atoms with Crippen molar-refractivity contribution in [1.82, 2.24) is 25.8 Å². The Bertz CT molecular complexity index is 2570. The lowest BCUT2D eigenvalue weighted by atomic mass is 9.55. The van der Waals surface area contributed by atoms with E-state index in [4.69, 9.17) is 0 Å². The van der Waals surface area contributed by atoms with Crippen LogP contribution in [0.25, 0.3) is 0 Å². The number of hydrogen-bond acceptors (Lipinski definition) is 7. The Kier molecular flexibility index (Phi) is 11.1. The van der Waals surface area contributed by atoms with Gasteiger partial charge in [0.05, 0.1) is 6.04 Å². The van der Waals surface area contributed by atoms with Crippen molar-refractivity contribution >= 4 is 41.1 Å². The van der Waals surface area contributed by atoms with E-state index in [0.717, 1.165) is 36.5 Å². The largest absolute Gasteiger partial charge is 0.352 e. The van der Waals surface area contributed by atoms with Gasteiger partial charge in [-0.2, -0.15) is 0 Å². The number of hydrogen-bond donors (Lipinski definition) is 4. The van der Waals surface area contributed by atoms with Gasteiger partial charge in [0.1, 0.15) is 17.3 Å². The Morgan fingerprint density at radius 2 is 1.58 bits per heavy atom. The fraction of sp³-hybridized carbons (Fsp3) is 0.480. The Labute approximate surface area is 374 Å². The Balaban J connectivity index is 0.787. The SMILES string of the molecule is O=C1CCC(N2Cc3c(C#CC4CCN(C(=O)C5CCC(NC(=O)[C@@H]6NC7(CCCCC7)[C@@]7(C(=O)Nc8cc(F)ccc87)[C@H]6c6cccc(F)c6F)CC5)CC4)cccc3C2=O)C(=O)N1. The smallest absolute Gasteiger partial charge is 0.255 e. The topological polar surface area (TPSA) is 157 Å². The zero-order valence-corrected chi connectivity index (χ0v) is 36.0. The quantitative estimate of drug-likeness (QED) is 0.195. The average molecular weight is 889 g/mol. The van der Waals surface area contributed by atoms with Crippen molar-refractivity contribution in [3.05, 3.63) is 99.9 Å². The number of amides is 6. The summed E-state index contributed by atoms with van der Waals surface area (Å²) in [7, 11) is 0. The molecule has 5 fully saturated rings. The third kappa shape index (κ3) is 7.19. The molecule has 7 aliphatic rings. The van der Waals surface area contributed by atoms with Gasteiger partial charge in [-0.25, -0.2) is 13.2 Å². The maximum Gasteiger partial charge on any atom is 0.255 e. The average Bonchev–Trinajstić information content (AvgIpc) is 3.90. The minimum absolute atomic E-state index is 0.0508. The van der Waals surface area contributed by atoms with Crippen molar-refractivity contribution in [3.8, 4) is 11.8 Å². The first-order valence-electron chi connectivity index (χ1n) is 23.1. The molecule has 3 aromatic rings. The summed E-state index contributed by atoms with van der Waals surface area (Å²) in [6.45, 7) is 1.36. The molecule has 2 spiro atoms. The van der Waals surface area contributed by atoms with Crippen molar-refractivity contribution in [2.45, 2.75) is 125 Å². The van der Waals surface area contributed by atoms with Gasteiger partial charge in [0, 0.05) is 72.2 Å². The first kappa shape index (κ1) is 42.9. The number of halogens is 3. The molecule has 10 rings (SSSR count). The van der Waals surface area contributed by atoms with Crippen molar-refractivity contribution in [2.75, 3.05) is 18.4 Å². The van der Waals surface area contributed by atoms with E-state index >= 15 is 8.78 Å². The van der Waals surface area contributed by atoms with Crippen molar-refractivity contribution in [1.29, 1.82) is 0 Å². The number of fused-ring (bicyclic) bond motifs is 4. The molecule has 0 bridgehead atoms. The number of anilines is 1. The zero-order chi connectivity index (χ0) is 45.2. The van der Waals surface area contributed by atoms with E-state index in [2.05, 4.69) is 33.1 Å². The van der Waals surface area contributed by atoms with E-state index in [1.54, 1.807) is 18.2 Å². The molecular formula is C50H51F3N6O6. The molecule has 6 amide bonds. The highest BCUT2D eigenvalue weighted by atomic mass is 19.2. The van der Waals surface area contributed by atoms with E-state index < -0.39 is 64.1 Å². The van der Waals surface area contributed by atoms with Crippen LogP contribution in [0.5, 0.6) is 0 Å². The van der Waals surface area contributed by atoms with Crippen LogP contribution in [0.3, 0.4) is 0 Å². The summed E-state index contributed by atoms with van der Waals surface area (Å²) in [6.07, 6.45) is 7.50. The van der Waals surface area contributed by atoms with E-state index in [1.165, 1.54) is 29.2 Å². The van der Waals surface area contributed by atoms with Gasteiger partial charge in [0.15, 0.2) is 11.6 Å². The fourth-order valence-corrected chi connectivity index (χ4v) is 12.4. The molecule has 5 aliphatic heterocycles. The van der Waals surface area contributed by atoms with E-state index in [9.17, 15) is 33.2 Å². The molecule has 65 heavy (non-hydrogen) atoms. The maximum atomic E-state index is 16.1. The standard InChI is InChI=1S/C50H51F3N6O6/c51-31-14-17-36-38(26-31)55-48(65)50(36)41(34-8-5-9-37(52)42(34)53)43(57-49(50)22-2-1-3-23-49)45(62)54-32-15-12-30(13-16-32)46(63)58-24-20-28(21-25-58)10-11-29-6-4-7-33-35(29)27-59(47(33)64)39-18-19-40(60)56-44(39)61/h4-9,14,17,26,28,30,32,39,41,43,57H,1-3,12-13,15-16,18-25,27H2,(H,54,62)(H,55,65)(H,56,60,61)/t30?,32?,39?,41-,43+,50+/m0/s1. The molecular weight excluding hydrogens is 838 g/mol. The van der Waals surface area contributed by atoms with E-state index in [-0.39, 0.29) is 66.2 Å².